The zero-order valence-corrected chi connectivity index (χ0v) is 12.9. The molecule has 0 spiro atoms. The molecule has 4 nitrogen and oxygen atoms in total. The van der Waals surface area contributed by atoms with Crippen LogP contribution in [0.2, 0.25) is 0 Å². The molecule has 4 heteroatoms. The summed E-state index contributed by atoms with van der Waals surface area (Å²) in [5, 5.41) is 3.53. The first-order chi connectivity index (χ1) is 9.67. The Balaban J connectivity index is 2.30. The van der Waals surface area contributed by atoms with Gasteiger partial charge in [0.25, 0.3) is 0 Å². The summed E-state index contributed by atoms with van der Waals surface area (Å²) in [6.45, 7) is 9.20. The van der Waals surface area contributed by atoms with Gasteiger partial charge in [0.2, 0.25) is 0 Å². The summed E-state index contributed by atoms with van der Waals surface area (Å²) < 4.78 is 16.8. The van der Waals surface area contributed by atoms with Gasteiger partial charge in [0.05, 0.1) is 33.0 Å². The number of ether oxygens (including phenoxy) is 3. The van der Waals surface area contributed by atoms with E-state index in [1.807, 2.05) is 0 Å². The van der Waals surface area contributed by atoms with E-state index in [9.17, 15) is 0 Å². The second-order valence-electron chi connectivity index (χ2n) is 5.20. The molecule has 1 aromatic rings. The maximum Gasteiger partial charge on any atom is 0.122 e. The van der Waals surface area contributed by atoms with Gasteiger partial charge in [-0.3, -0.25) is 0 Å². The maximum atomic E-state index is 5.88. The number of nitrogens with one attached hydrogen (secondary N) is 1. The highest BCUT2D eigenvalue weighted by Gasteiger charge is 2.27. The first-order valence-corrected chi connectivity index (χ1v) is 7.25. The molecule has 1 N–H and O–H groups in total. The standard InChI is InChI=1S/C16H25NO3/c1-5-17-16(15-10-19-6-7-20-15)13-8-12(3)14(18-4)9-11(13)2/h8-9,15-17H,5-7,10H2,1-4H3. The monoisotopic (exact) mass is 279 g/mol. The quantitative estimate of drug-likeness (QED) is 0.898. The molecule has 0 aliphatic carbocycles. The fourth-order valence-electron chi connectivity index (χ4n) is 2.73. The molecule has 1 aromatic carbocycles. The maximum absolute atomic E-state index is 5.88. The van der Waals surface area contributed by atoms with Gasteiger partial charge in [0.15, 0.2) is 0 Å². The molecule has 1 saturated heterocycles. The van der Waals surface area contributed by atoms with E-state index < -0.39 is 0 Å². The van der Waals surface area contributed by atoms with Crippen molar-refractivity contribution in [3.63, 3.8) is 0 Å². The van der Waals surface area contributed by atoms with E-state index in [4.69, 9.17) is 14.2 Å². The molecule has 1 aliphatic rings. The Labute approximate surface area is 121 Å². The lowest BCUT2D eigenvalue weighted by Gasteiger charge is -2.32. The van der Waals surface area contributed by atoms with Gasteiger partial charge in [-0.05, 0) is 43.1 Å². The third kappa shape index (κ3) is 3.32. The van der Waals surface area contributed by atoms with Gasteiger partial charge < -0.3 is 19.5 Å². The molecule has 0 bridgehead atoms. The first kappa shape index (κ1) is 15.3. The van der Waals surface area contributed by atoms with E-state index >= 15 is 0 Å². The van der Waals surface area contributed by atoms with Crippen LogP contribution in [0.4, 0.5) is 0 Å². The van der Waals surface area contributed by atoms with E-state index in [2.05, 4.69) is 38.2 Å². The highest BCUT2D eigenvalue weighted by molar-refractivity contribution is 5.43. The molecule has 1 fully saturated rings. The molecule has 112 valence electrons. The SMILES string of the molecule is CCNC(c1cc(C)c(OC)cc1C)C1COCCO1. The minimum Gasteiger partial charge on any atom is -0.496 e. The van der Waals surface area contributed by atoms with Crippen LogP contribution < -0.4 is 10.1 Å². The minimum atomic E-state index is 0.0650. The Morgan fingerprint density at radius 2 is 2.10 bits per heavy atom. The summed E-state index contributed by atoms with van der Waals surface area (Å²) in [6, 6.07) is 4.45. The Bertz CT molecular complexity index is 442. The van der Waals surface area contributed by atoms with Gasteiger partial charge in [-0.15, -0.1) is 0 Å². The molecule has 2 rings (SSSR count). The molecule has 1 aliphatic heterocycles. The third-order valence-electron chi connectivity index (χ3n) is 3.76. The molecule has 2 unspecified atom stereocenters. The van der Waals surface area contributed by atoms with Crippen LogP contribution >= 0.6 is 0 Å². The minimum absolute atomic E-state index is 0.0650. The van der Waals surface area contributed by atoms with Gasteiger partial charge >= 0.3 is 0 Å². The lowest BCUT2D eigenvalue weighted by atomic mass is 9.94. The number of methoxy groups -OCH3 is 1. The smallest absolute Gasteiger partial charge is 0.122 e. The zero-order valence-electron chi connectivity index (χ0n) is 12.9. The Kier molecular flexibility index (Phi) is 5.40. The second kappa shape index (κ2) is 7.07. The number of benzene rings is 1. The van der Waals surface area contributed by atoms with Gasteiger partial charge in [0, 0.05) is 0 Å². The van der Waals surface area contributed by atoms with Crippen LogP contribution in [0.25, 0.3) is 0 Å². The topological polar surface area (TPSA) is 39.7 Å². The highest BCUT2D eigenvalue weighted by Crippen LogP contribution is 2.30. The van der Waals surface area contributed by atoms with E-state index in [0.29, 0.717) is 19.8 Å². The molecular formula is C16H25NO3. The summed E-state index contributed by atoms with van der Waals surface area (Å²) in [6.07, 6.45) is 0.0650. The van der Waals surface area contributed by atoms with Crippen molar-refractivity contribution in [2.75, 3.05) is 33.5 Å². The fourth-order valence-corrected chi connectivity index (χ4v) is 2.73. The molecule has 20 heavy (non-hydrogen) atoms. The number of likely N-dealkylation sites (N-methyl/N-ethyl adjacent to an activating group) is 1. The summed E-state index contributed by atoms with van der Waals surface area (Å²) in [4.78, 5) is 0. The lowest BCUT2D eigenvalue weighted by molar-refractivity contribution is -0.102. The number of hydrogen-bond donors (Lipinski definition) is 1. The van der Waals surface area contributed by atoms with Gasteiger partial charge in [-0.25, -0.2) is 0 Å². The average Bonchev–Trinajstić information content (AvgIpc) is 2.48. The van der Waals surface area contributed by atoms with Crippen molar-refractivity contribution in [1.29, 1.82) is 0 Å². The lowest BCUT2D eigenvalue weighted by Crippen LogP contribution is -2.40. The summed E-state index contributed by atoms with van der Waals surface area (Å²) in [5.41, 5.74) is 3.63. The van der Waals surface area contributed by atoms with Gasteiger partial charge in [-0.1, -0.05) is 13.0 Å². The number of hydrogen-bond acceptors (Lipinski definition) is 4. The van der Waals surface area contributed by atoms with Crippen molar-refractivity contribution in [2.45, 2.75) is 32.9 Å². The fraction of sp³-hybridized carbons (Fsp3) is 0.625. The Morgan fingerprint density at radius 3 is 2.70 bits per heavy atom. The van der Waals surface area contributed by atoms with E-state index in [1.54, 1.807) is 7.11 Å². The summed E-state index contributed by atoms with van der Waals surface area (Å²) in [7, 11) is 1.71. The molecule has 0 amide bonds. The van der Waals surface area contributed by atoms with E-state index in [0.717, 1.165) is 17.9 Å². The third-order valence-corrected chi connectivity index (χ3v) is 3.76. The van der Waals surface area contributed by atoms with Crippen molar-refractivity contribution in [3.05, 3.63) is 28.8 Å². The van der Waals surface area contributed by atoms with E-state index in [-0.39, 0.29) is 12.1 Å². The number of rotatable bonds is 5. The molecule has 1 heterocycles. The van der Waals surface area contributed by atoms with Gasteiger partial charge in [-0.2, -0.15) is 0 Å². The van der Waals surface area contributed by atoms with Crippen molar-refractivity contribution in [2.24, 2.45) is 0 Å². The largest absolute Gasteiger partial charge is 0.496 e. The number of aryl methyl sites for hydroxylation is 2. The van der Waals surface area contributed by atoms with Crippen molar-refractivity contribution in [1.82, 2.24) is 5.32 Å². The average molecular weight is 279 g/mol. The van der Waals surface area contributed by atoms with Crippen LogP contribution in [0.15, 0.2) is 12.1 Å². The van der Waals surface area contributed by atoms with Crippen LogP contribution in [-0.4, -0.2) is 39.6 Å². The summed E-state index contributed by atoms with van der Waals surface area (Å²) >= 11 is 0. The molecule has 0 saturated carbocycles. The predicted octanol–water partition coefficient (Wildman–Crippen LogP) is 2.38. The van der Waals surface area contributed by atoms with E-state index in [1.165, 1.54) is 11.1 Å². The van der Waals surface area contributed by atoms with Crippen LogP contribution in [0.1, 0.15) is 29.7 Å². The van der Waals surface area contributed by atoms with Crippen molar-refractivity contribution < 1.29 is 14.2 Å². The van der Waals surface area contributed by atoms with Crippen LogP contribution in [0.3, 0.4) is 0 Å². The van der Waals surface area contributed by atoms with Crippen LogP contribution in [0, 0.1) is 13.8 Å². The van der Waals surface area contributed by atoms with Gasteiger partial charge in [0.1, 0.15) is 11.9 Å². The highest BCUT2D eigenvalue weighted by atomic mass is 16.6. The molecule has 0 radical (unpaired) electrons. The van der Waals surface area contributed by atoms with Crippen molar-refractivity contribution in [3.8, 4) is 5.75 Å². The van der Waals surface area contributed by atoms with Crippen LogP contribution in [-0.2, 0) is 9.47 Å². The Hall–Kier alpha value is -1.10. The zero-order chi connectivity index (χ0) is 14.5. The van der Waals surface area contributed by atoms with Crippen molar-refractivity contribution >= 4 is 0 Å². The normalized spacial score (nSPS) is 20.7. The molecule has 0 aromatic heterocycles. The Morgan fingerprint density at radius 1 is 1.30 bits per heavy atom. The molecular weight excluding hydrogens is 254 g/mol. The van der Waals surface area contributed by atoms with Crippen LogP contribution in [0.5, 0.6) is 5.75 Å². The summed E-state index contributed by atoms with van der Waals surface area (Å²) in [5.74, 6) is 0.933. The second-order valence-corrected chi connectivity index (χ2v) is 5.20. The first-order valence-electron chi connectivity index (χ1n) is 7.25. The predicted molar refractivity (Wildman–Crippen MR) is 79.4 cm³/mol. The molecule has 2 atom stereocenters.